The second-order valence-corrected chi connectivity index (χ2v) is 4.86. The number of aliphatic hydroxyl groups excluding tert-OH is 1. The number of nitrogens with one attached hydrogen (secondary N) is 2. The molecule has 1 saturated carbocycles. The van der Waals surface area contributed by atoms with Crippen molar-refractivity contribution in [2.24, 2.45) is 0 Å². The number of carbonyl (C=O) groups excluding carboxylic acids is 1. The maximum atomic E-state index is 11.6. The monoisotopic (exact) mass is 258 g/mol. The van der Waals surface area contributed by atoms with Crippen LogP contribution in [0.4, 0.5) is 4.79 Å². The summed E-state index contributed by atoms with van der Waals surface area (Å²) in [4.78, 5) is 22.5. The van der Waals surface area contributed by atoms with Crippen molar-refractivity contribution in [2.75, 3.05) is 0 Å². The van der Waals surface area contributed by atoms with E-state index >= 15 is 0 Å². The second-order valence-electron chi connectivity index (χ2n) is 4.86. The zero-order valence-electron chi connectivity index (χ0n) is 10.7. The maximum Gasteiger partial charge on any atom is 0.328 e. The summed E-state index contributed by atoms with van der Waals surface area (Å²) in [5.74, 6) is -1.24. The minimum absolute atomic E-state index is 0.107. The Bertz CT molecular complexity index is 286. The molecule has 1 fully saturated rings. The molecule has 0 spiro atoms. The van der Waals surface area contributed by atoms with Gasteiger partial charge in [-0.3, -0.25) is 0 Å². The van der Waals surface area contributed by atoms with Gasteiger partial charge in [0.25, 0.3) is 0 Å². The zero-order valence-corrected chi connectivity index (χ0v) is 10.7. The van der Waals surface area contributed by atoms with Crippen molar-refractivity contribution in [1.82, 2.24) is 10.6 Å². The number of amides is 2. The molecule has 18 heavy (non-hydrogen) atoms. The first kappa shape index (κ1) is 14.8. The fourth-order valence-electron chi connectivity index (χ4n) is 2.18. The number of carboxylic acid groups (broad SMARTS) is 1. The Kier molecular flexibility index (Phi) is 5.91. The molecule has 4 N–H and O–H groups in total. The van der Waals surface area contributed by atoms with Gasteiger partial charge in [-0.2, -0.15) is 0 Å². The van der Waals surface area contributed by atoms with E-state index in [1.165, 1.54) is 19.8 Å². The van der Waals surface area contributed by atoms with Crippen LogP contribution in [0.1, 0.15) is 45.4 Å². The highest BCUT2D eigenvalue weighted by Gasteiger charge is 2.25. The van der Waals surface area contributed by atoms with Gasteiger partial charge in [0.05, 0.1) is 6.10 Å². The predicted octanol–water partition coefficient (Wildman–Crippen LogP) is 0.842. The molecular formula is C12H22N2O4. The van der Waals surface area contributed by atoms with Gasteiger partial charge in [0, 0.05) is 6.04 Å². The van der Waals surface area contributed by atoms with Crippen LogP contribution in [-0.4, -0.2) is 40.4 Å². The van der Waals surface area contributed by atoms with Crippen molar-refractivity contribution in [3.05, 3.63) is 0 Å². The van der Waals surface area contributed by atoms with Crippen molar-refractivity contribution in [3.63, 3.8) is 0 Å². The smallest absolute Gasteiger partial charge is 0.328 e. The first-order chi connectivity index (χ1) is 8.50. The highest BCUT2D eigenvalue weighted by molar-refractivity contribution is 5.83. The molecule has 2 unspecified atom stereocenters. The van der Waals surface area contributed by atoms with Crippen LogP contribution >= 0.6 is 0 Å². The van der Waals surface area contributed by atoms with Crippen LogP contribution in [0.25, 0.3) is 0 Å². The lowest BCUT2D eigenvalue weighted by molar-refractivity contribution is -0.141. The topological polar surface area (TPSA) is 98.7 Å². The van der Waals surface area contributed by atoms with Crippen molar-refractivity contribution in [1.29, 1.82) is 0 Å². The van der Waals surface area contributed by atoms with Crippen molar-refractivity contribution >= 4 is 12.0 Å². The Balaban J connectivity index is 2.41. The van der Waals surface area contributed by atoms with Gasteiger partial charge in [-0.1, -0.05) is 25.7 Å². The van der Waals surface area contributed by atoms with Crippen molar-refractivity contribution < 1.29 is 19.8 Å². The first-order valence-electron chi connectivity index (χ1n) is 6.48. The molecule has 0 aromatic carbocycles. The molecule has 6 nitrogen and oxygen atoms in total. The average molecular weight is 258 g/mol. The Morgan fingerprint density at radius 3 is 2.17 bits per heavy atom. The van der Waals surface area contributed by atoms with Gasteiger partial charge in [0.15, 0.2) is 6.04 Å². The molecule has 6 heteroatoms. The largest absolute Gasteiger partial charge is 0.480 e. The lowest BCUT2D eigenvalue weighted by atomic mass is 10.1. The van der Waals surface area contributed by atoms with Gasteiger partial charge in [0.1, 0.15) is 0 Å². The van der Waals surface area contributed by atoms with Crippen molar-refractivity contribution in [2.45, 2.75) is 63.6 Å². The summed E-state index contributed by atoms with van der Waals surface area (Å²) >= 11 is 0. The van der Waals surface area contributed by atoms with E-state index in [2.05, 4.69) is 10.6 Å². The molecule has 1 rings (SSSR count). The van der Waals surface area contributed by atoms with Crippen LogP contribution in [-0.2, 0) is 4.79 Å². The van der Waals surface area contributed by atoms with E-state index in [1.807, 2.05) is 0 Å². The second kappa shape index (κ2) is 7.20. The molecule has 0 saturated heterocycles. The van der Waals surface area contributed by atoms with Gasteiger partial charge in [-0.15, -0.1) is 0 Å². The zero-order chi connectivity index (χ0) is 13.5. The van der Waals surface area contributed by atoms with Crippen LogP contribution < -0.4 is 10.6 Å². The standard InChI is InChI=1S/C12H22N2O4/c1-8(15)10(11(16)17)14-12(18)13-9-6-4-2-3-5-7-9/h8-10,15H,2-7H2,1H3,(H,16,17)(H2,13,14,18). The number of aliphatic hydroxyl groups is 1. The number of hydrogen-bond donors (Lipinski definition) is 4. The minimum Gasteiger partial charge on any atom is -0.480 e. The molecule has 2 atom stereocenters. The van der Waals surface area contributed by atoms with E-state index in [-0.39, 0.29) is 6.04 Å². The molecular weight excluding hydrogens is 236 g/mol. The summed E-state index contributed by atoms with van der Waals surface area (Å²) in [6.07, 6.45) is 5.28. The minimum atomic E-state index is -1.27. The molecule has 0 aromatic rings. The summed E-state index contributed by atoms with van der Waals surface area (Å²) in [6.45, 7) is 1.34. The maximum absolute atomic E-state index is 11.6. The van der Waals surface area contributed by atoms with Crippen molar-refractivity contribution in [3.8, 4) is 0 Å². The third-order valence-electron chi connectivity index (χ3n) is 3.23. The lowest BCUT2D eigenvalue weighted by Gasteiger charge is -2.21. The fraction of sp³-hybridized carbons (Fsp3) is 0.833. The molecule has 1 aliphatic carbocycles. The summed E-state index contributed by atoms with van der Waals surface area (Å²) in [5, 5.41) is 23.2. The number of urea groups is 1. The Hall–Kier alpha value is -1.30. The molecule has 2 amide bonds. The van der Waals surface area contributed by atoms with Crippen LogP contribution in [0.2, 0.25) is 0 Å². The van der Waals surface area contributed by atoms with Gasteiger partial charge >= 0.3 is 12.0 Å². The number of aliphatic carboxylic acids is 1. The first-order valence-corrected chi connectivity index (χ1v) is 6.48. The third-order valence-corrected chi connectivity index (χ3v) is 3.23. The lowest BCUT2D eigenvalue weighted by Crippen LogP contribution is -2.53. The van der Waals surface area contributed by atoms with E-state index in [9.17, 15) is 14.7 Å². The quantitative estimate of drug-likeness (QED) is 0.562. The predicted molar refractivity (Wildman–Crippen MR) is 66.3 cm³/mol. The number of carbonyl (C=O) groups is 2. The molecule has 1 aliphatic rings. The van der Waals surface area contributed by atoms with Gasteiger partial charge in [-0.25, -0.2) is 9.59 Å². The van der Waals surface area contributed by atoms with Gasteiger partial charge in [-0.05, 0) is 19.8 Å². The number of carboxylic acids is 1. The third kappa shape index (κ3) is 4.91. The van der Waals surface area contributed by atoms with Crippen LogP contribution in [0.15, 0.2) is 0 Å². The molecule has 0 bridgehead atoms. The van der Waals surface area contributed by atoms with E-state index in [1.54, 1.807) is 0 Å². The summed E-state index contributed by atoms with van der Waals surface area (Å²) < 4.78 is 0. The molecule has 0 radical (unpaired) electrons. The highest BCUT2D eigenvalue weighted by Crippen LogP contribution is 2.17. The van der Waals surface area contributed by atoms with Crippen LogP contribution in [0.5, 0.6) is 0 Å². The number of rotatable bonds is 4. The van der Waals surface area contributed by atoms with Gasteiger partial charge in [0.2, 0.25) is 0 Å². The average Bonchev–Trinajstić information content (AvgIpc) is 2.53. The number of hydrogen-bond acceptors (Lipinski definition) is 3. The SMILES string of the molecule is CC(O)C(NC(=O)NC1CCCCCC1)C(=O)O. The Morgan fingerprint density at radius 2 is 1.72 bits per heavy atom. The molecule has 0 aromatic heterocycles. The van der Waals surface area contributed by atoms with E-state index in [4.69, 9.17) is 5.11 Å². The summed E-state index contributed by atoms with van der Waals surface area (Å²) in [7, 11) is 0. The van der Waals surface area contributed by atoms with Crippen LogP contribution in [0.3, 0.4) is 0 Å². The fourth-order valence-corrected chi connectivity index (χ4v) is 2.18. The highest BCUT2D eigenvalue weighted by atomic mass is 16.4. The van der Waals surface area contributed by atoms with E-state index in [0.717, 1.165) is 25.7 Å². The van der Waals surface area contributed by atoms with Crippen LogP contribution in [0, 0.1) is 0 Å². The van der Waals surface area contributed by atoms with E-state index < -0.39 is 24.1 Å². The Morgan fingerprint density at radius 1 is 1.17 bits per heavy atom. The van der Waals surface area contributed by atoms with E-state index in [0.29, 0.717) is 0 Å². The summed E-state index contributed by atoms with van der Waals surface area (Å²) in [6, 6.07) is -1.68. The molecule has 0 aliphatic heterocycles. The molecule has 0 heterocycles. The Labute approximate surface area is 107 Å². The molecule has 104 valence electrons. The normalized spacial score (nSPS) is 20.6. The van der Waals surface area contributed by atoms with Gasteiger partial charge < -0.3 is 20.8 Å². The summed E-state index contributed by atoms with van der Waals surface area (Å²) in [5.41, 5.74) is 0.